The number of rotatable bonds is 6. The lowest BCUT2D eigenvalue weighted by Crippen LogP contribution is -2.28. The van der Waals surface area contributed by atoms with Gasteiger partial charge in [0.2, 0.25) is 0 Å². The van der Waals surface area contributed by atoms with Gasteiger partial charge in [-0.05, 0) is 41.5 Å². The van der Waals surface area contributed by atoms with Crippen LogP contribution in [0.25, 0.3) is 0 Å². The second-order valence-corrected chi connectivity index (χ2v) is 5.99. The Labute approximate surface area is 114 Å². The lowest BCUT2D eigenvalue weighted by atomic mass is 10.2. The van der Waals surface area contributed by atoms with Gasteiger partial charge in [-0.25, -0.2) is 9.59 Å². The minimum absolute atomic E-state index is 0.168. The van der Waals surface area contributed by atoms with E-state index in [9.17, 15) is 9.59 Å². The third-order valence-corrected chi connectivity index (χ3v) is 1.45. The lowest BCUT2D eigenvalue weighted by Gasteiger charge is -2.20. The highest BCUT2D eigenvalue weighted by molar-refractivity contribution is 5.71. The number of hydrogen-bond donors (Lipinski definition) is 0. The van der Waals surface area contributed by atoms with E-state index in [1.807, 2.05) is 0 Å². The summed E-state index contributed by atoms with van der Waals surface area (Å²) in [6.45, 7) is 10.0. The molecule has 0 rings (SSSR count). The second kappa shape index (κ2) is 7.45. The molecule has 0 heterocycles. The third-order valence-electron chi connectivity index (χ3n) is 1.45. The van der Waals surface area contributed by atoms with Crippen LogP contribution in [-0.2, 0) is 28.5 Å². The summed E-state index contributed by atoms with van der Waals surface area (Å²) in [6, 6.07) is 0. The quantitative estimate of drug-likeness (QED) is 0.417. The first-order chi connectivity index (χ1) is 8.49. The molecule has 0 aromatic carbocycles. The van der Waals surface area contributed by atoms with Crippen LogP contribution in [0.5, 0.6) is 0 Å². The molecule has 0 spiro atoms. The SMILES string of the molecule is CC(C)(C)OC(=O)COCOCC(=O)OC(C)(C)C. The van der Waals surface area contributed by atoms with Crippen LogP contribution < -0.4 is 0 Å². The summed E-state index contributed by atoms with van der Waals surface area (Å²) in [5.74, 6) is -0.957. The van der Waals surface area contributed by atoms with Crippen molar-refractivity contribution < 1.29 is 28.5 Å². The van der Waals surface area contributed by atoms with Crippen molar-refractivity contribution in [2.24, 2.45) is 0 Å². The minimum Gasteiger partial charge on any atom is -0.458 e. The standard InChI is InChI=1S/C13H24O6/c1-12(2,3)18-10(14)7-16-9-17-8-11(15)19-13(4,5)6/h7-9H2,1-6H3. The van der Waals surface area contributed by atoms with Gasteiger partial charge in [0.1, 0.15) is 31.2 Å². The summed E-state index contributed by atoms with van der Waals surface area (Å²) in [4.78, 5) is 22.5. The Kier molecular flexibility index (Phi) is 7.00. The summed E-state index contributed by atoms with van der Waals surface area (Å²) in [6.07, 6.45) is 0. The van der Waals surface area contributed by atoms with Crippen LogP contribution in [0.2, 0.25) is 0 Å². The fourth-order valence-corrected chi connectivity index (χ4v) is 1.05. The Balaban J connectivity index is 3.61. The first-order valence-corrected chi connectivity index (χ1v) is 6.09. The van der Waals surface area contributed by atoms with Gasteiger partial charge in [0, 0.05) is 0 Å². The normalized spacial score (nSPS) is 12.1. The van der Waals surface area contributed by atoms with Crippen molar-refractivity contribution >= 4 is 11.9 Å². The van der Waals surface area contributed by atoms with Crippen LogP contribution >= 0.6 is 0 Å². The topological polar surface area (TPSA) is 71.1 Å². The second-order valence-electron chi connectivity index (χ2n) is 5.99. The lowest BCUT2D eigenvalue weighted by molar-refractivity contribution is -0.171. The van der Waals surface area contributed by atoms with Gasteiger partial charge in [-0.3, -0.25) is 0 Å². The summed E-state index contributed by atoms with van der Waals surface area (Å²) >= 11 is 0. The molecule has 112 valence electrons. The van der Waals surface area contributed by atoms with E-state index in [1.165, 1.54) is 0 Å². The maximum absolute atomic E-state index is 11.2. The highest BCUT2D eigenvalue weighted by atomic mass is 16.7. The molecule has 0 atom stereocenters. The molecule has 0 aromatic heterocycles. The fraction of sp³-hybridized carbons (Fsp3) is 0.846. The predicted octanol–water partition coefficient (Wildman–Crippen LogP) is 1.66. The molecule has 0 aromatic rings. The predicted molar refractivity (Wildman–Crippen MR) is 68.5 cm³/mol. The van der Waals surface area contributed by atoms with Gasteiger partial charge < -0.3 is 18.9 Å². The molecule has 0 saturated heterocycles. The highest BCUT2D eigenvalue weighted by Crippen LogP contribution is 2.07. The molecule has 0 radical (unpaired) electrons. The molecule has 0 unspecified atom stereocenters. The summed E-state index contributed by atoms with van der Waals surface area (Å²) in [5, 5.41) is 0. The van der Waals surface area contributed by atoms with E-state index in [1.54, 1.807) is 41.5 Å². The first kappa shape index (κ1) is 17.9. The molecular formula is C13H24O6. The molecular weight excluding hydrogens is 252 g/mol. The smallest absolute Gasteiger partial charge is 0.332 e. The van der Waals surface area contributed by atoms with Gasteiger partial charge >= 0.3 is 11.9 Å². The van der Waals surface area contributed by atoms with Crippen LogP contribution in [0, 0.1) is 0 Å². The molecule has 6 nitrogen and oxygen atoms in total. The van der Waals surface area contributed by atoms with Gasteiger partial charge in [-0.1, -0.05) is 0 Å². The third kappa shape index (κ3) is 13.1. The molecule has 0 fully saturated rings. The number of esters is 2. The van der Waals surface area contributed by atoms with Crippen LogP contribution in [0.15, 0.2) is 0 Å². The van der Waals surface area contributed by atoms with E-state index in [0.717, 1.165) is 0 Å². The zero-order valence-electron chi connectivity index (χ0n) is 12.6. The van der Waals surface area contributed by atoms with Gasteiger partial charge in [0.25, 0.3) is 0 Å². The summed E-state index contributed by atoms with van der Waals surface area (Å²) < 4.78 is 19.9. The van der Waals surface area contributed by atoms with E-state index < -0.39 is 23.1 Å². The van der Waals surface area contributed by atoms with Crippen molar-refractivity contribution in [1.82, 2.24) is 0 Å². The van der Waals surface area contributed by atoms with Crippen molar-refractivity contribution in [1.29, 1.82) is 0 Å². The number of carbonyl (C=O) groups excluding carboxylic acids is 2. The molecule has 0 aliphatic heterocycles. The van der Waals surface area contributed by atoms with Crippen molar-refractivity contribution in [3.05, 3.63) is 0 Å². The maximum atomic E-state index is 11.2. The van der Waals surface area contributed by atoms with E-state index >= 15 is 0 Å². The van der Waals surface area contributed by atoms with Gasteiger partial charge in [0.15, 0.2) is 0 Å². The minimum atomic E-state index is -0.544. The number of carbonyl (C=O) groups is 2. The van der Waals surface area contributed by atoms with Crippen molar-refractivity contribution in [2.75, 3.05) is 20.0 Å². The zero-order valence-corrected chi connectivity index (χ0v) is 12.6. The molecule has 19 heavy (non-hydrogen) atoms. The molecule has 0 N–H and O–H groups in total. The Bertz CT molecular complexity index is 267. The molecule has 0 saturated carbocycles. The average Bonchev–Trinajstić information content (AvgIpc) is 2.10. The zero-order chi connectivity index (χ0) is 15.1. The fourth-order valence-electron chi connectivity index (χ4n) is 1.05. The largest absolute Gasteiger partial charge is 0.458 e. The van der Waals surface area contributed by atoms with E-state index in [4.69, 9.17) is 18.9 Å². The number of hydrogen-bond acceptors (Lipinski definition) is 6. The number of ether oxygens (including phenoxy) is 4. The maximum Gasteiger partial charge on any atom is 0.332 e. The molecule has 6 heteroatoms. The van der Waals surface area contributed by atoms with Gasteiger partial charge in [-0.2, -0.15) is 0 Å². The molecule has 0 aliphatic carbocycles. The van der Waals surface area contributed by atoms with Crippen molar-refractivity contribution in [3.63, 3.8) is 0 Å². The first-order valence-electron chi connectivity index (χ1n) is 6.09. The molecule has 0 bridgehead atoms. The van der Waals surface area contributed by atoms with Crippen LogP contribution in [0.1, 0.15) is 41.5 Å². The Morgan fingerprint density at radius 2 is 1.05 bits per heavy atom. The van der Waals surface area contributed by atoms with E-state index in [-0.39, 0.29) is 20.0 Å². The van der Waals surface area contributed by atoms with E-state index in [0.29, 0.717) is 0 Å². The van der Waals surface area contributed by atoms with E-state index in [2.05, 4.69) is 0 Å². The van der Waals surface area contributed by atoms with Crippen LogP contribution in [0.3, 0.4) is 0 Å². The highest BCUT2D eigenvalue weighted by Gasteiger charge is 2.17. The van der Waals surface area contributed by atoms with Crippen molar-refractivity contribution in [3.8, 4) is 0 Å². The average molecular weight is 276 g/mol. The Morgan fingerprint density at radius 3 is 1.32 bits per heavy atom. The summed E-state index contributed by atoms with van der Waals surface area (Å²) in [7, 11) is 0. The Morgan fingerprint density at radius 1 is 0.737 bits per heavy atom. The monoisotopic (exact) mass is 276 g/mol. The van der Waals surface area contributed by atoms with Gasteiger partial charge in [-0.15, -0.1) is 0 Å². The van der Waals surface area contributed by atoms with Gasteiger partial charge in [0.05, 0.1) is 0 Å². The Hall–Kier alpha value is -1.14. The molecule has 0 amide bonds. The van der Waals surface area contributed by atoms with Crippen LogP contribution in [-0.4, -0.2) is 43.1 Å². The molecule has 0 aliphatic rings. The summed E-state index contributed by atoms with van der Waals surface area (Å²) in [5.41, 5.74) is -1.09. The van der Waals surface area contributed by atoms with Crippen molar-refractivity contribution in [2.45, 2.75) is 52.7 Å². The van der Waals surface area contributed by atoms with Crippen LogP contribution in [0.4, 0.5) is 0 Å².